The third kappa shape index (κ3) is 4.10. The minimum Gasteiger partial charge on any atom is -0.464 e. The Morgan fingerprint density at radius 1 is 1.29 bits per heavy atom. The van der Waals surface area contributed by atoms with E-state index >= 15 is 0 Å². The first-order valence-corrected chi connectivity index (χ1v) is 6.81. The zero-order valence-electron chi connectivity index (χ0n) is 12.5. The number of anilines is 1. The summed E-state index contributed by atoms with van der Waals surface area (Å²) in [4.78, 5) is 13.6. The van der Waals surface area contributed by atoms with E-state index in [1.165, 1.54) is 0 Å². The number of hydrogen-bond donors (Lipinski definition) is 2. The Morgan fingerprint density at radius 2 is 1.95 bits per heavy atom. The van der Waals surface area contributed by atoms with Crippen LogP contribution in [0.1, 0.15) is 30.1 Å². The summed E-state index contributed by atoms with van der Waals surface area (Å²) in [6.45, 7) is 3.98. The first-order chi connectivity index (χ1) is 9.95. The summed E-state index contributed by atoms with van der Waals surface area (Å²) < 4.78 is 5.45. The summed E-state index contributed by atoms with van der Waals surface area (Å²) in [6, 6.07) is 10.6. The van der Waals surface area contributed by atoms with Gasteiger partial charge in [0.25, 0.3) is 0 Å². The molecule has 1 aromatic carbocycles. The van der Waals surface area contributed by atoms with E-state index in [1.807, 2.05) is 19.1 Å². The lowest BCUT2D eigenvalue weighted by Crippen LogP contribution is -2.30. The van der Waals surface area contributed by atoms with Gasteiger partial charge in [-0.1, -0.05) is 12.1 Å². The molecular formula is C16H20N2O3. The van der Waals surface area contributed by atoms with Crippen LogP contribution in [0.4, 0.5) is 10.5 Å². The summed E-state index contributed by atoms with van der Waals surface area (Å²) in [5.41, 5.74) is 1.50. The van der Waals surface area contributed by atoms with Crippen LogP contribution in [-0.4, -0.2) is 23.1 Å². The number of nitrogens with one attached hydrogen (secondary N) is 1. The van der Waals surface area contributed by atoms with Gasteiger partial charge < -0.3 is 19.7 Å². The number of hydrogen-bond acceptors (Lipinski definition) is 3. The number of carbonyl (C=O) groups is 1. The Morgan fingerprint density at radius 3 is 2.48 bits per heavy atom. The average Bonchev–Trinajstić information content (AvgIpc) is 2.84. The molecule has 0 saturated carbocycles. The summed E-state index contributed by atoms with van der Waals surface area (Å²) in [6.07, 6.45) is -0.514. The van der Waals surface area contributed by atoms with Crippen molar-refractivity contribution < 1.29 is 14.3 Å². The van der Waals surface area contributed by atoms with Crippen LogP contribution >= 0.6 is 0 Å². The number of nitrogens with zero attached hydrogens (tertiary/aromatic N) is 1. The van der Waals surface area contributed by atoms with Crippen molar-refractivity contribution in [1.82, 2.24) is 4.90 Å². The molecule has 2 rings (SSSR count). The molecule has 1 aromatic heterocycles. The van der Waals surface area contributed by atoms with Crippen molar-refractivity contribution in [2.75, 3.05) is 12.4 Å². The summed E-state index contributed by atoms with van der Waals surface area (Å²) >= 11 is 0. The number of aryl methyl sites for hydroxylation is 1. The minimum absolute atomic E-state index is 0.214. The Bertz CT molecular complexity index is 602. The molecule has 2 N–H and O–H groups in total. The molecule has 1 unspecified atom stereocenters. The number of rotatable bonds is 4. The quantitative estimate of drug-likeness (QED) is 0.907. The van der Waals surface area contributed by atoms with Crippen molar-refractivity contribution in [3.05, 3.63) is 53.5 Å². The minimum atomic E-state index is -0.514. The largest absolute Gasteiger partial charge is 0.464 e. The number of carbonyl (C=O) groups excluding carboxylic acids is 1. The molecule has 0 aliphatic heterocycles. The highest BCUT2D eigenvalue weighted by Gasteiger charge is 2.11. The van der Waals surface area contributed by atoms with Gasteiger partial charge in [0, 0.05) is 12.7 Å². The molecule has 0 fully saturated rings. The highest BCUT2D eigenvalue weighted by molar-refractivity contribution is 5.89. The fraction of sp³-hybridized carbons (Fsp3) is 0.312. The first kappa shape index (κ1) is 15.1. The fourth-order valence-electron chi connectivity index (χ4n) is 1.94. The average molecular weight is 288 g/mol. The van der Waals surface area contributed by atoms with E-state index in [0.717, 1.165) is 17.1 Å². The molecule has 0 radical (unpaired) electrons. The van der Waals surface area contributed by atoms with Crippen LogP contribution in [0.2, 0.25) is 0 Å². The SMILES string of the molecule is Cc1ccc(CN(C)C(=O)Nc2ccc(C(C)O)cc2)o1. The Kier molecular flexibility index (Phi) is 4.65. The van der Waals surface area contributed by atoms with Crippen LogP contribution in [0.15, 0.2) is 40.8 Å². The van der Waals surface area contributed by atoms with Gasteiger partial charge in [0.05, 0.1) is 12.6 Å². The van der Waals surface area contributed by atoms with Crippen LogP contribution in [-0.2, 0) is 6.54 Å². The van der Waals surface area contributed by atoms with E-state index < -0.39 is 6.10 Å². The van der Waals surface area contributed by atoms with Gasteiger partial charge in [0.1, 0.15) is 11.5 Å². The second-order valence-electron chi connectivity index (χ2n) is 5.10. The summed E-state index contributed by atoms with van der Waals surface area (Å²) in [5, 5.41) is 12.2. The normalized spacial score (nSPS) is 12.0. The molecule has 0 saturated heterocycles. The molecule has 2 aromatic rings. The lowest BCUT2D eigenvalue weighted by molar-refractivity contribution is 0.199. The number of amides is 2. The molecule has 1 heterocycles. The summed E-state index contributed by atoms with van der Waals surface area (Å²) in [5.74, 6) is 1.57. The Labute approximate surface area is 124 Å². The molecule has 0 bridgehead atoms. The Balaban J connectivity index is 1.93. The molecule has 0 aliphatic carbocycles. The van der Waals surface area contributed by atoms with E-state index in [9.17, 15) is 9.90 Å². The predicted molar refractivity (Wildman–Crippen MR) is 81.0 cm³/mol. The Hall–Kier alpha value is -2.27. The van der Waals surface area contributed by atoms with Crippen molar-refractivity contribution in [2.24, 2.45) is 0 Å². The van der Waals surface area contributed by atoms with Gasteiger partial charge in [-0.3, -0.25) is 0 Å². The highest BCUT2D eigenvalue weighted by Crippen LogP contribution is 2.16. The topological polar surface area (TPSA) is 65.7 Å². The molecular weight excluding hydrogens is 268 g/mol. The molecule has 5 heteroatoms. The van der Waals surface area contributed by atoms with E-state index in [-0.39, 0.29) is 6.03 Å². The van der Waals surface area contributed by atoms with E-state index in [0.29, 0.717) is 12.2 Å². The monoisotopic (exact) mass is 288 g/mol. The number of aliphatic hydroxyl groups is 1. The smallest absolute Gasteiger partial charge is 0.321 e. The predicted octanol–water partition coefficient (Wildman–Crippen LogP) is 3.31. The van der Waals surface area contributed by atoms with Crippen LogP contribution in [0.5, 0.6) is 0 Å². The highest BCUT2D eigenvalue weighted by atomic mass is 16.3. The number of urea groups is 1. The van der Waals surface area contributed by atoms with Crippen molar-refractivity contribution >= 4 is 11.7 Å². The standard InChI is InChI=1S/C16H20N2O3/c1-11-4-9-15(21-11)10-18(3)16(20)17-14-7-5-13(6-8-14)12(2)19/h4-9,12,19H,10H2,1-3H3,(H,17,20). The van der Waals surface area contributed by atoms with Crippen LogP contribution < -0.4 is 5.32 Å². The molecule has 0 spiro atoms. The maximum absolute atomic E-state index is 12.1. The second-order valence-corrected chi connectivity index (χ2v) is 5.10. The summed E-state index contributed by atoms with van der Waals surface area (Å²) in [7, 11) is 1.71. The third-order valence-corrected chi connectivity index (χ3v) is 3.18. The number of aliphatic hydroxyl groups excluding tert-OH is 1. The van der Waals surface area contributed by atoms with Crippen molar-refractivity contribution in [3.63, 3.8) is 0 Å². The molecule has 2 amide bonds. The van der Waals surface area contributed by atoms with Gasteiger partial charge in [-0.05, 0) is 43.7 Å². The molecule has 1 atom stereocenters. The van der Waals surface area contributed by atoms with Gasteiger partial charge >= 0.3 is 6.03 Å². The lowest BCUT2D eigenvalue weighted by atomic mass is 10.1. The van der Waals surface area contributed by atoms with Gasteiger partial charge in [-0.2, -0.15) is 0 Å². The first-order valence-electron chi connectivity index (χ1n) is 6.81. The van der Waals surface area contributed by atoms with Crippen LogP contribution in [0.3, 0.4) is 0 Å². The maximum Gasteiger partial charge on any atom is 0.321 e. The zero-order chi connectivity index (χ0) is 15.4. The van der Waals surface area contributed by atoms with Crippen molar-refractivity contribution in [1.29, 1.82) is 0 Å². The van der Waals surface area contributed by atoms with Crippen LogP contribution in [0.25, 0.3) is 0 Å². The van der Waals surface area contributed by atoms with Crippen molar-refractivity contribution in [2.45, 2.75) is 26.5 Å². The third-order valence-electron chi connectivity index (χ3n) is 3.18. The molecule has 5 nitrogen and oxygen atoms in total. The number of benzene rings is 1. The molecule has 0 aliphatic rings. The van der Waals surface area contributed by atoms with Crippen molar-refractivity contribution in [3.8, 4) is 0 Å². The number of furan rings is 1. The van der Waals surface area contributed by atoms with E-state index in [1.54, 1.807) is 43.1 Å². The van der Waals surface area contributed by atoms with Gasteiger partial charge in [-0.25, -0.2) is 4.79 Å². The fourth-order valence-corrected chi connectivity index (χ4v) is 1.94. The molecule has 112 valence electrons. The van der Waals surface area contributed by atoms with E-state index in [2.05, 4.69) is 5.32 Å². The maximum atomic E-state index is 12.1. The lowest BCUT2D eigenvalue weighted by Gasteiger charge is -2.17. The zero-order valence-corrected chi connectivity index (χ0v) is 12.5. The van der Waals surface area contributed by atoms with Crippen LogP contribution in [0, 0.1) is 6.92 Å². The molecule has 21 heavy (non-hydrogen) atoms. The van der Waals surface area contributed by atoms with Gasteiger partial charge in [-0.15, -0.1) is 0 Å². The second kappa shape index (κ2) is 6.45. The van der Waals surface area contributed by atoms with Gasteiger partial charge in [0.15, 0.2) is 0 Å². The van der Waals surface area contributed by atoms with E-state index in [4.69, 9.17) is 4.42 Å². The van der Waals surface area contributed by atoms with Gasteiger partial charge in [0.2, 0.25) is 0 Å².